The molecule has 0 aliphatic rings. The van der Waals surface area contributed by atoms with Crippen molar-refractivity contribution in [2.75, 3.05) is 18.9 Å². The van der Waals surface area contributed by atoms with E-state index in [1.165, 1.54) is 26.4 Å². The number of benzene rings is 3. The van der Waals surface area contributed by atoms with Gasteiger partial charge in [-0.1, -0.05) is 24.3 Å². The summed E-state index contributed by atoms with van der Waals surface area (Å²) in [6.07, 6.45) is 1.60. The van der Waals surface area contributed by atoms with Gasteiger partial charge in [0.15, 0.2) is 11.5 Å². The number of hydrogen-bond donors (Lipinski definition) is 1. The van der Waals surface area contributed by atoms with Gasteiger partial charge >= 0.3 is 0 Å². The molecule has 166 valence electrons. The highest BCUT2D eigenvalue weighted by Gasteiger charge is 2.17. The lowest BCUT2D eigenvalue weighted by molar-refractivity contribution is 0.354. The van der Waals surface area contributed by atoms with Crippen LogP contribution >= 0.6 is 0 Å². The van der Waals surface area contributed by atoms with Crippen LogP contribution in [0.25, 0.3) is 11.0 Å². The molecule has 7 nitrogen and oxygen atoms in total. The fraction of sp³-hybridized carbons (Fsp3) is 0.208. The standard InChI is InChI=1S/C24H25N3O4S/c1-27-21-7-5-4-6-20(21)25-24(27)15-10-17-8-11-18(12-9-17)26-32(28,29)19-13-14-22(30-2)23(16-19)31-3/h4-9,11-14,16,26H,10,15H2,1-3H3. The van der Waals surface area contributed by atoms with Crippen LogP contribution in [0.15, 0.2) is 71.6 Å². The van der Waals surface area contributed by atoms with Crippen LogP contribution in [0.4, 0.5) is 5.69 Å². The zero-order valence-electron chi connectivity index (χ0n) is 18.2. The molecule has 1 heterocycles. The van der Waals surface area contributed by atoms with Gasteiger partial charge in [-0.15, -0.1) is 0 Å². The van der Waals surface area contributed by atoms with Crippen LogP contribution < -0.4 is 14.2 Å². The first-order valence-electron chi connectivity index (χ1n) is 10.2. The van der Waals surface area contributed by atoms with Crippen molar-refractivity contribution in [2.45, 2.75) is 17.7 Å². The third kappa shape index (κ3) is 4.40. The topological polar surface area (TPSA) is 82.5 Å². The highest BCUT2D eigenvalue weighted by molar-refractivity contribution is 7.92. The fourth-order valence-electron chi connectivity index (χ4n) is 3.61. The Morgan fingerprint density at radius 3 is 2.31 bits per heavy atom. The largest absolute Gasteiger partial charge is 0.493 e. The van der Waals surface area contributed by atoms with Gasteiger partial charge < -0.3 is 14.0 Å². The smallest absolute Gasteiger partial charge is 0.262 e. The van der Waals surface area contributed by atoms with Crippen LogP contribution in [-0.4, -0.2) is 32.2 Å². The Morgan fingerprint density at radius 2 is 1.62 bits per heavy atom. The Kier molecular flexibility index (Phi) is 6.05. The number of sulfonamides is 1. The highest BCUT2D eigenvalue weighted by Crippen LogP contribution is 2.30. The first kappa shape index (κ1) is 21.7. The number of hydrogen-bond acceptors (Lipinski definition) is 5. The predicted octanol–water partition coefficient (Wildman–Crippen LogP) is 4.18. The molecule has 0 amide bonds. The summed E-state index contributed by atoms with van der Waals surface area (Å²) < 4.78 is 40.6. The minimum atomic E-state index is -3.76. The molecule has 0 fully saturated rings. The van der Waals surface area contributed by atoms with Gasteiger partial charge in [-0.25, -0.2) is 13.4 Å². The molecule has 4 aromatic rings. The third-order valence-corrected chi connectivity index (χ3v) is 6.77. The Hall–Kier alpha value is -3.52. The summed E-state index contributed by atoms with van der Waals surface area (Å²) in [4.78, 5) is 4.80. The summed E-state index contributed by atoms with van der Waals surface area (Å²) in [6.45, 7) is 0. The number of methoxy groups -OCH3 is 2. The maximum atomic E-state index is 12.8. The van der Waals surface area contributed by atoms with E-state index in [2.05, 4.69) is 15.4 Å². The number of rotatable bonds is 8. The zero-order chi connectivity index (χ0) is 22.7. The van der Waals surface area contributed by atoms with Crippen molar-refractivity contribution in [3.63, 3.8) is 0 Å². The molecular formula is C24H25N3O4S. The monoisotopic (exact) mass is 451 g/mol. The van der Waals surface area contributed by atoms with Gasteiger partial charge in [-0.05, 0) is 48.4 Å². The van der Waals surface area contributed by atoms with Gasteiger partial charge in [-0.2, -0.15) is 0 Å². The van der Waals surface area contributed by atoms with Crippen LogP contribution in [0.2, 0.25) is 0 Å². The molecule has 8 heteroatoms. The summed E-state index contributed by atoms with van der Waals surface area (Å²) in [6, 6.07) is 19.9. The van der Waals surface area contributed by atoms with Gasteiger partial charge in [0.25, 0.3) is 10.0 Å². The molecule has 0 unspecified atom stereocenters. The number of aryl methyl sites for hydroxylation is 3. The van der Waals surface area contributed by atoms with Crippen molar-refractivity contribution in [2.24, 2.45) is 7.05 Å². The normalized spacial score (nSPS) is 11.5. The average molecular weight is 452 g/mol. The van der Waals surface area contributed by atoms with Crippen molar-refractivity contribution >= 4 is 26.7 Å². The van der Waals surface area contributed by atoms with Crippen LogP contribution in [0.3, 0.4) is 0 Å². The van der Waals surface area contributed by atoms with Crippen LogP contribution in [0.5, 0.6) is 11.5 Å². The number of para-hydroxylation sites is 2. The van der Waals surface area contributed by atoms with Crippen molar-refractivity contribution in [3.05, 3.63) is 78.1 Å². The molecule has 4 rings (SSSR count). The third-order valence-electron chi connectivity index (χ3n) is 5.39. The van der Waals surface area contributed by atoms with Gasteiger partial charge in [0, 0.05) is 25.2 Å². The van der Waals surface area contributed by atoms with Crippen LogP contribution in [-0.2, 0) is 29.9 Å². The van der Waals surface area contributed by atoms with E-state index in [1.807, 2.05) is 37.4 Å². The lowest BCUT2D eigenvalue weighted by Gasteiger charge is -2.12. The van der Waals surface area contributed by atoms with E-state index in [-0.39, 0.29) is 4.90 Å². The molecule has 0 saturated heterocycles. The minimum absolute atomic E-state index is 0.0982. The van der Waals surface area contributed by atoms with E-state index in [0.717, 1.165) is 35.3 Å². The molecule has 0 bridgehead atoms. The lowest BCUT2D eigenvalue weighted by atomic mass is 10.1. The Morgan fingerprint density at radius 1 is 0.906 bits per heavy atom. The maximum Gasteiger partial charge on any atom is 0.262 e. The van der Waals surface area contributed by atoms with Crippen LogP contribution in [0, 0.1) is 0 Å². The Bertz CT molecular complexity index is 1350. The Balaban J connectivity index is 1.44. The van der Waals surface area contributed by atoms with E-state index >= 15 is 0 Å². The summed E-state index contributed by atoms with van der Waals surface area (Å²) in [5.41, 5.74) is 3.70. The first-order chi connectivity index (χ1) is 15.4. The van der Waals surface area contributed by atoms with Crippen LogP contribution in [0.1, 0.15) is 11.4 Å². The van der Waals surface area contributed by atoms with Crippen molar-refractivity contribution in [1.29, 1.82) is 0 Å². The van der Waals surface area contributed by atoms with Gasteiger partial charge in [-0.3, -0.25) is 4.72 Å². The summed E-state index contributed by atoms with van der Waals surface area (Å²) in [5.74, 6) is 1.84. The van der Waals surface area contributed by atoms with Crippen molar-refractivity contribution < 1.29 is 17.9 Å². The molecule has 3 aromatic carbocycles. The predicted molar refractivity (Wildman–Crippen MR) is 125 cm³/mol. The second-order valence-electron chi connectivity index (χ2n) is 7.39. The lowest BCUT2D eigenvalue weighted by Crippen LogP contribution is -2.13. The van der Waals surface area contributed by atoms with Crippen molar-refractivity contribution in [3.8, 4) is 11.5 Å². The molecule has 0 radical (unpaired) electrons. The molecular weight excluding hydrogens is 426 g/mol. The second kappa shape index (κ2) is 8.92. The number of aromatic nitrogens is 2. The van der Waals surface area contributed by atoms with E-state index < -0.39 is 10.0 Å². The van der Waals surface area contributed by atoms with Gasteiger partial charge in [0.05, 0.1) is 30.1 Å². The fourth-order valence-corrected chi connectivity index (χ4v) is 4.69. The van der Waals surface area contributed by atoms with Crippen molar-refractivity contribution in [1.82, 2.24) is 9.55 Å². The molecule has 1 N–H and O–H groups in total. The SMILES string of the molecule is COc1ccc(S(=O)(=O)Nc2ccc(CCc3nc4ccccc4n3C)cc2)cc1OC. The maximum absolute atomic E-state index is 12.8. The quantitative estimate of drug-likeness (QED) is 0.435. The molecule has 0 aliphatic carbocycles. The van der Waals surface area contributed by atoms with Gasteiger partial charge in [0.1, 0.15) is 5.82 Å². The highest BCUT2D eigenvalue weighted by atomic mass is 32.2. The number of fused-ring (bicyclic) bond motifs is 1. The van der Waals surface area contributed by atoms with E-state index in [1.54, 1.807) is 18.2 Å². The Labute approximate surface area is 187 Å². The van der Waals surface area contributed by atoms with E-state index in [4.69, 9.17) is 14.5 Å². The van der Waals surface area contributed by atoms with E-state index in [9.17, 15) is 8.42 Å². The molecule has 0 aliphatic heterocycles. The second-order valence-corrected chi connectivity index (χ2v) is 9.08. The zero-order valence-corrected chi connectivity index (χ0v) is 19.0. The first-order valence-corrected chi connectivity index (χ1v) is 11.6. The molecule has 1 aromatic heterocycles. The summed E-state index contributed by atoms with van der Waals surface area (Å²) in [7, 11) is 1.23. The summed E-state index contributed by atoms with van der Waals surface area (Å²) in [5, 5.41) is 0. The van der Waals surface area contributed by atoms with E-state index in [0.29, 0.717) is 17.2 Å². The molecule has 0 atom stereocenters. The minimum Gasteiger partial charge on any atom is -0.493 e. The number of nitrogens with one attached hydrogen (secondary N) is 1. The number of imidazole rings is 1. The average Bonchev–Trinajstić information content (AvgIpc) is 3.13. The molecule has 0 spiro atoms. The number of ether oxygens (including phenoxy) is 2. The number of anilines is 1. The van der Waals surface area contributed by atoms with Gasteiger partial charge in [0.2, 0.25) is 0 Å². The number of nitrogens with zero attached hydrogens (tertiary/aromatic N) is 2. The molecule has 32 heavy (non-hydrogen) atoms. The molecule has 0 saturated carbocycles. The summed E-state index contributed by atoms with van der Waals surface area (Å²) >= 11 is 0.